The lowest BCUT2D eigenvalue weighted by Gasteiger charge is -2.13. The quantitative estimate of drug-likeness (QED) is 0.113. The lowest BCUT2D eigenvalue weighted by atomic mass is 10.1. The van der Waals surface area contributed by atoms with E-state index in [9.17, 15) is 0 Å². The predicted octanol–water partition coefficient (Wildman–Crippen LogP) is 6.21. The summed E-state index contributed by atoms with van der Waals surface area (Å²) in [5.74, 6) is 0. The van der Waals surface area contributed by atoms with Gasteiger partial charge in [0.1, 0.15) is 0 Å². The molecule has 0 aliphatic rings. The molecule has 9 heteroatoms. The van der Waals surface area contributed by atoms with Gasteiger partial charge < -0.3 is 26.7 Å². The smallest absolute Gasteiger partial charge is 0.0765 e. The molecule has 6 nitrogen and oxygen atoms in total. The molecule has 0 aliphatic carbocycles. The molecule has 0 saturated heterocycles. The van der Waals surface area contributed by atoms with Crippen LogP contribution >= 0.6 is 34.8 Å². The minimum absolute atomic E-state index is 0.513. The highest BCUT2D eigenvalue weighted by Gasteiger charge is 2.11. The molecule has 162 valence electrons. The monoisotopic (exact) mass is 476 g/mol. The molecule has 0 bridgehead atoms. The Balaban J connectivity index is 0.000000858. The second-order valence-electron chi connectivity index (χ2n) is 6.71. The van der Waals surface area contributed by atoms with Crippen LogP contribution in [0.25, 0.3) is 21.8 Å². The zero-order valence-electron chi connectivity index (χ0n) is 16.8. The molecule has 0 aliphatic heterocycles. The SMILES string of the molecule is CNCCNc1cc(Nc2ccc(Cl)c(Cl)c2)cc2c1[nH]c1ccc(Cl)cc12.N=CN. The number of benzene rings is 3. The average molecular weight is 478 g/mol. The first-order valence-corrected chi connectivity index (χ1v) is 10.7. The first kappa shape index (κ1) is 23.0. The van der Waals surface area contributed by atoms with E-state index in [1.807, 2.05) is 37.4 Å². The van der Waals surface area contributed by atoms with Crippen LogP contribution in [0.1, 0.15) is 0 Å². The lowest BCUT2D eigenvalue weighted by molar-refractivity contribution is 0.824. The minimum Gasteiger partial charge on any atom is -0.390 e. The summed E-state index contributed by atoms with van der Waals surface area (Å²) in [6.07, 6.45) is 0.750. The normalized spacial score (nSPS) is 10.6. The molecule has 0 unspecified atom stereocenters. The maximum atomic E-state index is 6.24. The molecule has 4 aromatic rings. The van der Waals surface area contributed by atoms with Gasteiger partial charge in [-0.25, -0.2) is 0 Å². The zero-order chi connectivity index (χ0) is 22.4. The van der Waals surface area contributed by atoms with Crippen molar-refractivity contribution in [1.82, 2.24) is 10.3 Å². The van der Waals surface area contributed by atoms with Crippen LogP contribution in [-0.2, 0) is 0 Å². The molecule has 0 spiro atoms. The van der Waals surface area contributed by atoms with Crippen molar-refractivity contribution in [3.63, 3.8) is 0 Å². The number of hydrogen-bond donors (Lipinski definition) is 6. The fraction of sp³-hybridized carbons (Fsp3) is 0.136. The maximum Gasteiger partial charge on any atom is 0.0765 e. The van der Waals surface area contributed by atoms with Crippen LogP contribution in [0.4, 0.5) is 17.1 Å². The molecule has 0 amide bonds. The molecule has 3 aromatic carbocycles. The van der Waals surface area contributed by atoms with Crippen molar-refractivity contribution in [2.45, 2.75) is 0 Å². The Morgan fingerprint density at radius 2 is 1.71 bits per heavy atom. The number of anilines is 3. The number of rotatable bonds is 6. The number of halogens is 3. The van der Waals surface area contributed by atoms with E-state index < -0.39 is 0 Å². The molecule has 0 saturated carbocycles. The van der Waals surface area contributed by atoms with Gasteiger partial charge in [-0.2, -0.15) is 0 Å². The molecule has 7 N–H and O–H groups in total. The summed E-state index contributed by atoms with van der Waals surface area (Å²) in [4.78, 5) is 3.50. The summed E-state index contributed by atoms with van der Waals surface area (Å²) < 4.78 is 0. The van der Waals surface area contributed by atoms with Crippen molar-refractivity contribution in [2.24, 2.45) is 5.73 Å². The number of aromatic nitrogens is 1. The van der Waals surface area contributed by atoms with Crippen LogP contribution in [-0.4, -0.2) is 31.5 Å². The summed E-state index contributed by atoms with van der Waals surface area (Å²) in [5.41, 5.74) is 9.31. The third kappa shape index (κ3) is 5.54. The topological polar surface area (TPSA) is 102 Å². The summed E-state index contributed by atoms with van der Waals surface area (Å²) in [7, 11) is 1.93. The minimum atomic E-state index is 0.513. The molecule has 0 atom stereocenters. The van der Waals surface area contributed by atoms with Crippen molar-refractivity contribution < 1.29 is 0 Å². The van der Waals surface area contributed by atoms with Crippen molar-refractivity contribution in [3.05, 3.63) is 63.6 Å². The summed E-state index contributed by atoms with van der Waals surface area (Å²) in [6, 6.07) is 15.6. The van der Waals surface area contributed by atoms with Gasteiger partial charge in [-0.3, -0.25) is 5.41 Å². The van der Waals surface area contributed by atoms with E-state index in [-0.39, 0.29) is 0 Å². The van der Waals surface area contributed by atoms with Gasteiger partial charge in [-0.1, -0.05) is 34.8 Å². The van der Waals surface area contributed by atoms with Gasteiger partial charge in [-0.15, -0.1) is 0 Å². The first-order chi connectivity index (χ1) is 15.0. The van der Waals surface area contributed by atoms with Crippen molar-refractivity contribution in [3.8, 4) is 0 Å². The number of likely N-dealkylation sites (N-methyl/N-ethyl adjacent to an activating group) is 1. The number of aromatic amines is 1. The molecule has 1 aromatic heterocycles. The molecule has 1 heterocycles. The van der Waals surface area contributed by atoms with Gasteiger partial charge in [0.25, 0.3) is 0 Å². The Hall–Kier alpha value is -2.64. The third-order valence-corrected chi connectivity index (χ3v) is 5.54. The molecule has 0 fully saturated rings. The van der Waals surface area contributed by atoms with Gasteiger partial charge in [0.2, 0.25) is 0 Å². The Kier molecular flexibility index (Phi) is 7.87. The first-order valence-electron chi connectivity index (χ1n) is 9.53. The van der Waals surface area contributed by atoms with Crippen LogP contribution < -0.4 is 21.7 Å². The summed E-state index contributed by atoms with van der Waals surface area (Å²) in [5, 5.41) is 19.9. The molecule has 31 heavy (non-hydrogen) atoms. The number of fused-ring (bicyclic) bond motifs is 3. The number of hydrogen-bond acceptors (Lipinski definition) is 4. The second kappa shape index (κ2) is 10.6. The van der Waals surface area contributed by atoms with Crippen molar-refractivity contribution in [1.29, 1.82) is 5.41 Å². The summed E-state index contributed by atoms with van der Waals surface area (Å²) in [6.45, 7) is 1.66. The van der Waals surface area contributed by atoms with E-state index in [2.05, 4.69) is 38.8 Å². The van der Waals surface area contributed by atoms with E-state index >= 15 is 0 Å². The molecular weight excluding hydrogens is 455 g/mol. The average Bonchev–Trinajstić information content (AvgIpc) is 3.10. The van der Waals surface area contributed by atoms with Crippen LogP contribution in [0.2, 0.25) is 15.1 Å². The van der Waals surface area contributed by atoms with E-state index in [0.717, 1.165) is 58.3 Å². The van der Waals surface area contributed by atoms with E-state index in [4.69, 9.17) is 40.2 Å². The van der Waals surface area contributed by atoms with Crippen LogP contribution in [0.15, 0.2) is 48.5 Å². The van der Waals surface area contributed by atoms with Gasteiger partial charge in [0.15, 0.2) is 0 Å². The van der Waals surface area contributed by atoms with E-state index in [1.165, 1.54) is 0 Å². The predicted molar refractivity (Wildman–Crippen MR) is 136 cm³/mol. The lowest BCUT2D eigenvalue weighted by Crippen LogP contribution is -2.17. The van der Waals surface area contributed by atoms with Crippen LogP contribution in [0.3, 0.4) is 0 Å². The van der Waals surface area contributed by atoms with Crippen molar-refractivity contribution in [2.75, 3.05) is 30.8 Å². The molecular formula is C22H23Cl3N6. The largest absolute Gasteiger partial charge is 0.390 e. The number of nitrogens with two attached hydrogens (primary N) is 1. The van der Waals surface area contributed by atoms with Crippen molar-refractivity contribution >= 4 is 80.0 Å². The maximum absolute atomic E-state index is 6.24. The highest BCUT2D eigenvalue weighted by Crippen LogP contribution is 2.36. The van der Waals surface area contributed by atoms with Gasteiger partial charge in [0.05, 0.1) is 27.6 Å². The Bertz CT molecular complexity index is 1210. The fourth-order valence-corrected chi connectivity index (χ4v) is 3.72. The van der Waals surface area contributed by atoms with E-state index in [1.54, 1.807) is 6.07 Å². The number of H-pyrrole nitrogens is 1. The fourth-order valence-electron chi connectivity index (χ4n) is 3.25. The third-order valence-electron chi connectivity index (χ3n) is 4.57. The molecule has 4 rings (SSSR count). The Labute approximate surface area is 195 Å². The van der Waals surface area contributed by atoms with Gasteiger partial charge >= 0.3 is 0 Å². The van der Waals surface area contributed by atoms with Crippen LogP contribution in [0.5, 0.6) is 0 Å². The molecule has 0 radical (unpaired) electrons. The Morgan fingerprint density at radius 3 is 2.42 bits per heavy atom. The van der Waals surface area contributed by atoms with E-state index in [0.29, 0.717) is 15.1 Å². The van der Waals surface area contributed by atoms with Gasteiger partial charge in [0, 0.05) is 45.8 Å². The Morgan fingerprint density at radius 1 is 0.935 bits per heavy atom. The van der Waals surface area contributed by atoms with Gasteiger partial charge in [-0.05, 0) is 55.6 Å². The summed E-state index contributed by atoms with van der Waals surface area (Å²) >= 11 is 18.4. The standard InChI is InChI=1S/C21H19Cl3N4.CH4N2/c1-25-6-7-26-20-11-14(27-13-3-4-17(23)18(24)10-13)9-16-15-8-12(22)2-5-19(15)28-21(16)20;2-1-3/h2-5,8-11,25-28H,6-7H2,1H3;1H,(H3,2,3). The highest BCUT2D eigenvalue weighted by molar-refractivity contribution is 6.42. The van der Waals surface area contributed by atoms with Crippen LogP contribution in [0, 0.1) is 5.41 Å². The second-order valence-corrected chi connectivity index (χ2v) is 7.96. The highest BCUT2D eigenvalue weighted by atomic mass is 35.5. The number of nitrogens with one attached hydrogen (secondary N) is 5. The zero-order valence-corrected chi connectivity index (χ0v) is 19.1.